The number of allylic oxidation sites excluding steroid dienone is 2. The fourth-order valence-corrected chi connectivity index (χ4v) is 3.86. The lowest BCUT2D eigenvalue weighted by atomic mass is 9.93. The molecular weight excluding hydrogens is 208 g/mol. The first-order chi connectivity index (χ1) is 8.33. The van der Waals surface area contributed by atoms with E-state index in [1.54, 1.807) is 0 Å². The lowest BCUT2D eigenvalue weighted by Gasteiger charge is -2.43. The Kier molecular flexibility index (Phi) is 3.53. The lowest BCUT2D eigenvalue weighted by molar-refractivity contribution is 0.0470. The van der Waals surface area contributed by atoms with E-state index in [2.05, 4.69) is 28.9 Å². The van der Waals surface area contributed by atoms with Gasteiger partial charge in [-0.3, -0.25) is 9.80 Å². The molecule has 17 heavy (non-hydrogen) atoms. The SMILES string of the molecule is C[C@@H]1CN2CCC[C@@H]2CN1C[C@H]1CC=CCC1. The molecule has 2 heterocycles. The van der Waals surface area contributed by atoms with Gasteiger partial charge in [-0.1, -0.05) is 12.2 Å². The molecule has 96 valence electrons. The highest BCUT2D eigenvalue weighted by molar-refractivity contribution is 4.94. The van der Waals surface area contributed by atoms with Crippen molar-refractivity contribution >= 4 is 0 Å². The Hall–Kier alpha value is -0.340. The second kappa shape index (κ2) is 5.11. The van der Waals surface area contributed by atoms with Crippen molar-refractivity contribution in [2.45, 2.75) is 51.1 Å². The minimum absolute atomic E-state index is 0.773. The molecule has 0 saturated carbocycles. The van der Waals surface area contributed by atoms with Crippen molar-refractivity contribution in [1.29, 1.82) is 0 Å². The van der Waals surface area contributed by atoms with E-state index in [4.69, 9.17) is 0 Å². The predicted molar refractivity (Wildman–Crippen MR) is 72.1 cm³/mol. The summed E-state index contributed by atoms with van der Waals surface area (Å²) >= 11 is 0. The van der Waals surface area contributed by atoms with E-state index in [9.17, 15) is 0 Å². The van der Waals surface area contributed by atoms with Crippen molar-refractivity contribution < 1.29 is 0 Å². The topological polar surface area (TPSA) is 6.48 Å². The summed E-state index contributed by atoms with van der Waals surface area (Å²) in [7, 11) is 0. The van der Waals surface area contributed by atoms with Gasteiger partial charge in [-0.15, -0.1) is 0 Å². The van der Waals surface area contributed by atoms with Gasteiger partial charge in [0.25, 0.3) is 0 Å². The van der Waals surface area contributed by atoms with Crippen LogP contribution in [0.1, 0.15) is 39.0 Å². The summed E-state index contributed by atoms with van der Waals surface area (Å²) in [4.78, 5) is 5.50. The van der Waals surface area contributed by atoms with Crippen molar-refractivity contribution in [1.82, 2.24) is 9.80 Å². The summed E-state index contributed by atoms with van der Waals surface area (Å²) in [5.74, 6) is 0.926. The molecule has 3 rings (SSSR count). The maximum atomic E-state index is 2.77. The molecule has 1 aliphatic carbocycles. The highest BCUT2D eigenvalue weighted by atomic mass is 15.3. The minimum atomic E-state index is 0.773. The highest BCUT2D eigenvalue weighted by Gasteiger charge is 2.34. The number of fused-ring (bicyclic) bond motifs is 1. The number of nitrogens with zero attached hydrogens (tertiary/aromatic N) is 2. The Morgan fingerprint density at radius 3 is 2.94 bits per heavy atom. The normalized spacial score (nSPS) is 39.5. The number of hydrogen-bond donors (Lipinski definition) is 0. The van der Waals surface area contributed by atoms with E-state index in [1.807, 2.05) is 0 Å². The van der Waals surface area contributed by atoms with Gasteiger partial charge < -0.3 is 0 Å². The van der Waals surface area contributed by atoms with Crippen LogP contribution >= 0.6 is 0 Å². The van der Waals surface area contributed by atoms with Gasteiger partial charge in [0.05, 0.1) is 0 Å². The van der Waals surface area contributed by atoms with Crippen molar-refractivity contribution in [2.24, 2.45) is 5.92 Å². The van der Waals surface area contributed by atoms with Crippen LogP contribution in [-0.4, -0.2) is 48.1 Å². The maximum absolute atomic E-state index is 2.77. The number of hydrogen-bond acceptors (Lipinski definition) is 2. The Morgan fingerprint density at radius 1 is 1.18 bits per heavy atom. The summed E-state index contributed by atoms with van der Waals surface area (Å²) < 4.78 is 0. The highest BCUT2D eigenvalue weighted by Crippen LogP contribution is 2.27. The molecule has 0 aromatic carbocycles. The standard InChI is InChI=1S/C15H26N2/c1-13-10-16-9-5-8-15(16)12-17(13)11-14-6-3-2-4-7-14/h2-3,13-15H,4-12H2,1H3/t13-,14+,15-/m1/s1. The third kappa shape index (κ3) is 2.58. The van der Waals surface area contributed by atoms with Gasteiger partial charge in [0, 0.05) is 31.7 Å². The van der Waals surface area contributed by atoms with E-state index in [1.165, 1.54) is 58.3 Å². The van der Waals surface area contributed by atoms with E-state index < -0.39 is 0 Å². The third-order valence-electron chi connectivity index (χ3n) is 4.94. The van der Waals surface area contributed by atoms with Crippen LogP contribution in [0.5, 0.6) is 0 Å². The molecule has 3 aliphatic rings. The zero-order chi connectivity index (χ0) is 11.7. The van der Waals surface area contributed by atoms with Gasteiger partial charge in [0.2, 0.25) is 0 Å². The summed E-state index contributed by atoms with van der Waals surface area (Å²) in [6.07, 6.45) is 11.7. The van der Waals surface area contributed by atoms with E-state index in [-0.39, 0.29) is 0 Å². The van der Waals surface area contributed by atoms with Crippen LogP contribution in [0.2, 0.25) is 0 Å². The van der Waals surface area contributed by atoms with Gasteiger partial charge in [-0.05, 0) is 51.5 Å². The fraction of sp³-hybridized carbons (Fsp3) is 0.867. The van der Waals surface area contributed by atoms with Crippen molar-refractivity contribution in [3.05, 3.63) is 12.2 Å². The first-order valence-electron chi connectivity index (χ1n) is 7.46. The third-order valence-corrected chi connectivity index (χ3v) is 4.94. The Morgan fingerprint density at radius 2 is 2.12 bits per heavy atom. The molecule has 2 fully saturated rings. The molecule has 0 aromatic heterocycles. The molecule has 0 unspecified atom stereocenters. The van der Waals surface area contributed by atoms with Crippen LogP contribution in [0, 0.1) is 5.92 Å². The van der Waals surface area contributed by atoms with Gasteiger partial charge in [-0.25, -0.2) is 0 Å². The molecule has 2 saturated heterocycles. The van der Waals surface area contributed by atoms with Crippen LogP contribution in [0.25, 0.3) is 0 Å². The summed E-state index contributed by atoms with van der Waals surface area (Å²) in [6.45, 7) is 7.77. The monoisotopic (exact) mass is 234 g/mol. The van der Waals surface area contributed by atoms with Crippen LogP contribution in [-0.2, 0) is 0 Å². The molecule has 0 bridgehead atoms. The van der Waals surface area contributed by atoms with Crippen molar-refractivity contribution in [3.8, 4) is 0 Å². The molecule has 0 N–H and O–H groups in total. The van der Waals surface area contributed by atoms with Gasteiger partial charge in [-0.2, -0.15) is 0 Å². The average molecular weight is 234 g/mol. The van der Waals surface area contributed by atoms with E-state index in [0.717, 1.165) is 18.0 Å². The van der Waals surface area contributed by atoms with Gasteiger partial charge in [0.15, 0.2) is 0 Å². The molecule has 3 atom stereocenters. The molecule has 0 aromatic rings. The smallest absolute Gasteiger partial charge is 0.0224 e. The summed E-state index contributed by atoms with van der Waals surface area (Å²) in [6, 6.07) is 1.65. The second-order valence-electron chi connectivity index (χ2n) is 6.24. The Balaban J connectivity index is 1.57. The molecule has 2 heteroatoms. The van der Waals surface area contributed by atoms with Crippen molar-refractivity contribution in [2.75, 3.05) is 26.2 Å². The lowest BCUT2D eigenvalue weighted by Crippen LogP contribution is -2.55. The van der Waals surface area contributed by atoms with Gasteiger partial charge >= 0.3 is 0 Å². The first-order valence-corrected chi connectivity index (χ1v) is 7.46. The van der Waals surface area contributed by atoms with Gasteiger partial charge in [0.1, 0.15) is 0 Å². The molecule has 2 nitrogen and oxygen atoms in total. The zero-order valence-electron chi connectivity index (χ0n) is 11.1. The summed E-state index contributed by atoms with van der Waals surface area (Å²) in [5.41, 5.74) is 0. The first kappa shape index (κ1) is 11.7. The Bertz CT molecular complexity index is 287. The summed E-state index contributed by atoms with van der Waals surface area (Å²) in [5, 5.41) is 0. The minimum Gasteiger partial charge on any atom is -0.298 e. The van der Waals surface area contributed by atoms with Crippen LogP contribution in [0.3, 0.4) is 0 Å². The zero-order valence-corrected chi connectivity index (χ0v) is 11.1. The molecule has 2 aliphatic heterocycles. The van der Waals surface area contributed by atoms with Crippen LogP contribution < -0.4 is 0 Å². The van der Waals surface area contributed by atoms with Crippen molar-refractivity contribution in [3.63, 3.8) is 0 Å². The Labute approximate surface area is 106 Å². The molecule has 0 radical (unpaired) electrons. The van der Waals surface area contributed by atoms with E-state index in [0.29, 0.717) is 0 Å². The maximum Gasteiger partial charge on any atom is 0.0224 e. The van der Waals surface area contributed by atoms with E-state index >= 15 is 0 Å². The fourth-order valence-electron chi connectivity index (χ4n) is 3.86. The van der Waals surface area contributed by atoms with Crippen LogP contribution in [0.15, 0.2) is 12.2 Å². The molecule has 0 amide bonds. The second-order valence-corrected chi connectivity index (χ2v) is 6.24. The predicted octanol–water partition coefficient (Wildman–Crippen LogP) is 2.51. The molecule has 0 spiro atoms. The quantitative estimate of drug-likeness (QED) is 0.677. The number of piperazine rings is 1. The number of rotatable bonds is 2. The molecular formula is C15H26N2. The van der Waals surface area contributed by atoms with Crippen LogP contribution in [0.4, 0.5) is 0 Å². The largest absolute Gasteiger partial charge is 0.298 e. The average Bonchev–Trinajstić information content (AvgIpc) is 2.78.